The lowest BCUT2D eigenvalue weighted by Crippen LogP contribution is -2.41. The number of rotatable bonds is 1. The van der Waals surface area contributed by atoms with E-state index in [1.54, 1.807) is 0 Å². The minimum Gasteiger partial charge on any atom is -0.274 e. The Morgan fingerprint density at radius 2 is 1.11 bits per heavy atom. The average molecular weight is 365 g/mol. The molecule has 3 aliphatic carbocycles. The van der Waals surface area contributed by atoms with Crippen LogP contribution in [0.5, 0.6) is 0 Å². The van der Waals surface area contributed by atoms with E-state index in [1.807, 2.05) is 55.5 Å². The van der Waals surface area contributed by atoms with Gasteiger partial charge in [-0.2, -0.15) is 0 Å². The van der Waals surface area contributed by atoms with Crippen LogP contribution in [0.15, 0.2) is 72.8 Å². The van der Waals surface area contributed by atoms with Crippen LogP contribution in [0.25, 0.3) is 0 Å². The molecule has 1 fully saturated rings. The van der Waals surface area contributed by atoms with E-state index in [0.29, 0.717) is 5.69 Å². The van der Waals surface area contributed by atoms with Crippen LogP contribution in [-0.2, 0) is 9.59 Å². The fourth-order valence-corrected chi connectivity index (χ4v) is 5.70. The van der Waals surface area contributed by atoms with E-state index in [1.165, 1.54) is 27.2 Å². The molecule has 7 rings (SSSR count). The van der Waals surface area contributed by atoms with Crippen LogP contribution in [-0.4, -0.2) is 11.8 Å². The smallest absolute Gasteiger partial charge is 0.238 e. The van der Waals surface area contributed by atoms with Crippen molar-refractivity contribution in [3.63, 3.8) is 0 Å². The lowest BCUT2D eigenvalue weighted by Gasteiger charge is -2.45. The normalized spacial score (nSPS) is 26.8. The van der Waals surface area contributed by atoms with Gasteiger partial charge in [-0.1, -0.05) is 60.7 Å². The Morgan fingerprint density at radius 1 is 0.643 bits per heavy atom. The molecule has 1 heterocycles. The second-order valence-electron chi connectivity index (χ2n) is 8.12. The third-order valence-electron chi connectivity index (χ3n) is 6.71. The Labute approximate surface area is 163 Å². The molecule has 136 valence electrons. The minimum absolute atomic E-state index is 0.0475. The predicted octanol–water partition coefficient (Wildman–Crippen LogP) is 4.39. The van der Waals surface area contributed by atoms with Gasteiger partial charge < -0.3 is 0 Å². The minimum atomic E-state index is -0.317. The van der Waals surface area contributed by atoms with Crippen molar-refractivity contribution in [3.8, 4) is 0 Å². The van der Waals surface area contributed by atoms with Gasteiger partial charge in [0.15, 0.2) is 0 Å². The third-order valence-corrected chi connectivity index (χ3v) is 6.71. The number of aryl methyl sites for hydroxylation is 1. The molecular weight excluding hydrogens is 346 g/mol. The van der Waals surface area contributed by atoms with Crippen molar-refractivity contribution in [2.45, 2.75) is 18.8 Å². The van der Waals surface area contributed by atoms with Crippen molar-refractivity contribution < 1.29 is 9.59 Å². The number of anilines is 1. The van der Waals surface area contributed by atoms with Crippen LogP contribution in [0.1, 0.15) is 39.7 Å². The first-order valence-electron chi connectivity index (χ1n) is 9.79. The SMILES string of the molecule is Cc1cccc(N2C(=O)C3C4c5ccccc5C(c5ccccc54)C3C2=O)c1. The number of imide groups is 1. The van der Waals surface area contributed by atoms with Crippen LogP contribution >= 0.6 is 0 Å². The number of hydrogen-bond donors (Lipinski definition) is 0. The molecule has 1 saturated heterocycles. The van der Waals surface area contributed by atoms with Crippen molar-refractivity contribution in [2.75, 3.05) is 4.90 Å². The Kier molecular flexibility index (Phi) is 3.06. The number of carbonyl (C=O) groups excluding carboxylic acids is 2. The highest BCUT2D eigenvalue weighted by Crippen LogP contribution is 2.61. The molecule has 1 aliphatic heterocycles. The van der Waals surface area contributed by atoms with E-state index in [9.17, 15) is 9.59 Å². The van der Waals surface area contributed by atoms with Crippen LogP contribution < -0.4 is 4.90 Å². The summed E-state index contributed by atoms with van der Waals surface area (Å²) >= 11 is 0. The Morgan fingerprint density at radius 3 is 1.54 bits per heavy atom. The molecule has 0 spiro atoms. The van der Waals surface area contributed by atoms with Crippen LogP contribution in [0, 0.1) is 18.8 Å². The average Bonchev–Trinajstić information content (AvgIpc) is 2.99. The van der Waals surface area contributed by atoms with Crippen LogP contribution in [0.4, 0.5) is 5.69 Å². The van der Waals surface area contributed by atoms with Crippen molar-refractivity contribution in [1.29, 1.82) is 0 Å². The molecule has 0 radical (unpaired) electrons. The van der Waals surface area contributed by atoms with Crippen molar-refractivity contribution in [3.05, 3.63) is 101 Å². The van der Waals surface area contributed by atoms with Crippen molar-refractivity contribution in [2.24, 2.45) is 11.8 Å². The van der Waals surface area contributed by atoms with Gasteiger partial charge in [-0.3, -0.25) is 9.59 Å². The monoisotopic (exact) mass is 365 g/mol. The van der Waals surface area contributed by atoms with Gasteiger partial charge in [0.25, 0.3) is 0 Å². The Hall–Kier alpha value is -3.20. The number of carbonyl (C=O) groups is 2. The van der Waals surface area contributed by atoms with Gasteiger partial charge in [0, 0.05) is 11.8 Å². The maximum Gasteiger partial charge on any atom is 0.238 e. The fourth-order valence-electron chi connectivity index (χ4n) is 5.70. The predicted molar refractivity (Wildman–Crippen MR) is 107 cm³/mol. The summed E-state index contributed by atoms with van der Waals surface area (Å²) in [5, 5.41) is 0. The van der Waals surface area contributed by atoms with E-state index >= 15 is 0 Å². The molecule has 2 atom stereocenters. The first-order valence-corrected chi connectivity index (χ1v) is 9.79. The Balaban J connectivity index is 1.58. The molecule has 3 heteroatoms. The van der Waals surface area contributed by atoms with E-state index < -0.39 is 0 Å². The second-order valence-corrected chi connectivity index (χ2v) is 8.12. The summed E-state index contributed by atoms with van der Waals surface area (Å²) in [6, 6.07) is 24.4. The lowest BCUT2D eigenvalue weighted by molar-refractivity contribution is -0.122. The fraction of sp³-hybridized carbons (Fsp3) is 0.200. The third kappa shape index (κ3) is 1.84. The number of hydrogen-bond acceptors (Lipinski definition) is 2. The second kappa shape index (κ2) is 5.41. The zero-order valence-electron chi connectivity index (χ0n) is 15.5. The van der Waals surface area contributed by atoms with Gasteiger partial charge in [-0.25, -0.2) is 4.90 Å². The van der Waals surface area contributed by atoms with Gasteiger partial charge in [0.2, 0.25) is 11.8 Å². The number of amides is 2. The summed E-state index contributed by atoms with van der Waals surface area (Å²) in [5.41, 5.74) is 6.57. The molecule has 28 heavy (non-hydrogen) atoms. The zero-order chi connectivity index (χ0) is 19.0. The maximum absolute atomic E-state index is 13.6. The van der Waals surface area contributed by atoms with Crippen LogP contribution in [0.3, 0.4) is 0 Å². The summed E-state index contributed by atoms with van der Waals surface area (Å²) in [7, 11) is 0. The molecule has 2 unspecified atom stereocenters. The number of benzene rings is 3. The highest BCUT2D eigenvalue weighted by Gasteiger charge is 2.61. The molecule has 4 aliphatic rings. The van der Waals surface area contributed by atoms with E-state index in [2.05, 4.69) is 24.3 Å². The summed E-state index contributed by atoms with van der Waals surface area (Å²) in [6.45, 7) is 1.98. The highest BCUT2D eigenvalue weighted by molar-refractivity contribution is 6.23. The first-order chi connectivity index (χ1) is 13.7. The van der Waals surface area contributed by atoms with Gasteiger partial charge in [0.1, 0.15) is 0 Å². The maximum atomic E-state index is 13.6. The largest absolute Gasteiger partial charge is 0.274 e. The highest BCUT2D eigenvalue weighted by atomic mass is 16.2. The Bertz CT molecular complexity index is 1050. The molecule has 0 aromatic heterocycles. The molecule has 3 aromatic rings. The molecule has 0 saturated carbocycles. The molecular formula is C25H19NO2. The summed E-state index contributed by atoms with van der Waals surface area (Å²) < 4.78 is 0. The van der Waals surface area contributed by atoms with Crippen molar-refractivity contribution in [1.82, 2.24) is 0 Å². The summed E-state index contributed by atoms with van der Waals surface area (Å²) in [6.07, 6.45) is 0. The van der Waals surface area contributed by atoms with E-state index in [0.717, 1.165) is 5.56 Å². The topological polar surface area (TPSA) is 37.4 Å². The number of nitrogens with zero attached hydrogens (tertiary/aromatic N) is 1. The van der Waals surface area contributed by atoms with Crippen molar-refractivity contribution >= 4 is 17.5 Å². The van der Waals surface area contributed by atoms with E-state index in [-0.39, 0.29) is 35.5 Å². The van der Waals surface area contributed by atoms with Gasteiger partial charge >= 0.3 is 0 Å². The van der Waals surface area contributed by atoms with Gasteiger partial charge in [-0.05, 0) is 46.9 Å². The molecule has 0 N–H and O–H groups in total. The quantitative estimate of drug-likeness (QED) is 0.600. The summed E-state index contributed by atoms with van der Waals surface area (Å²) in [4.78, 5) is 28.6. The molecule has 3 aromatic carbocycles. The zero-order valence-corrected chi connectivity index (χ0v) is 15.5. The van der Waals surface area contributed by atoms with Crippen LogP contribution in [0.2, 0.25) is 0 Å². The standard InChI is InChI=1S/C25H19NO2/c1-14-7-6-8-15(13-14)26-24(27)22-20-16-9-2-3-10-17(16)21(23(22)25(26)28)19-12-5-4-11-18(19)20/h2-13,20-23H,1H3. The first kappa shape index (κ1) is 15.8. The van der Waals surface area contributed by atoms with Gasteiger partial charge in [0.05, 0.1) is 17.5 Å². The summed E-state index contributed by atoms with van der Waals surface area (Å²) in [5.74, 6) is -0.841. The molecule has 2 bridgehead atoms. The molecule has 3 nitrogen and oxygen atoms in total. The van der Waals surface area contributed by atoms with E-state index in [4.69, 9.17) is 0 Å². The molecule has 2 amide bonds. The van der Waals surface area contributed by atoms with Gasteiger partial charge in [-0.15, -0.1) is 0 Å². The lowest BCUT2D eigenvalue weighted by atomic mass is 9.55.